The second kappa shape index (κ2) is 6.74. The average molecular weight is 227 g/mol. The van der Waals surface area contributed by atoms with E-state index < -0.39 is 0 Å². The number of carbonyl (C=O) groups excluding carboxylic acids is 1. The van der Waals surface area contributed by atoms with Crippen LogP contribution in [0.4, 0.5) is 4.79 Å². The number of nitrogens with one attached hydrogen (secondary N) is 1. The van der Waals surface area contributed by atoms with Gasteiger partial charge in [0.1, 0.15) is 0 Å². The normalized spacial score (nSPS) is 17.2. The van der Waals surface area contributed by atoms with Crippen LogP contribution in [0.1, 0.15) is 26.7 Å². The van der Waals surface area contributed by atoms with Crippen LogP contribution < -0.4 is 5.32 Å². The molecule has 1 N–H and O–H groups in total. The summed E-state index contributed by atoms with van der Waals surface area (Å²) in [5.41, 5.74) is 0. The van der Waals surface area contributed by atoms with Crippen molar-refractivity contribution in [3.05, 3.63) is 0 Å². The van der Waals surface area contributed by atoms with Crippen molar-refractivity contribution in [3.63, 3.8) is 0 Å². The maximum atomic E-state index is 12.0. The molecule has 1 aliphatic heterocycles. The second-order valence-electron chi connectivity index (χ2n) is 4.53. The minimum Gasteiger partial charge on any atom is -0.327 e. The van der Waals surface area contributed by atoms with Crippen LogP contribution in [-0.4, -0.2) is 55.6 Å². The quantitative estimate of drug-likeness (QED) is 0.787. The van der Waals surface area contributed by atoms with Gasteiger partial charge in [0, 0.05) is 26.7 Å². The van der Waals surface area contributed by atoms with Crippen LogP contribution in [-0.2, 0) is 0 Å². The van der Waals surface area contributed by atoms with Gasteiger partial charge >= 0.3 is 6.03 Å². The Bertz CT molecular complexity index is 210. The topological polar surface area (TPSA) is 35.6 Å². The lowest BCUT2D eigenvalue weighted by atomic mass is 9.98. The van der Waals surface area contributed by atoms with Crippen LogP contribution in [0.25, 0.3) is 0 Å². The summed E-state index contributed by atoms with van der Waals surface area (Å²) in [6.45, 7) is 8.74. The third kappa shape index (κ3) is 3.67. The van der Waals surface area contributed by atoms with E-state index in [-0.39, 0.29) is 6.03 Å². The lowest BCUT2D eigenvalue weighted by Gasteiger charge is -2.31. The van der Waals surface area contributed by atoms with Gasteiger partial charge in [-0.15, -0.1) is 0 Å². The fraction of sp³-hybridized carbons (Fsp3) is 0.917. The molecule has 0 unspecified atom stereocenters. The smallest absolute Gasteiger partial charge is 0.319 e. The van der Waals surface area contributed by atoms with E-state index in [0.29, 0.717) is 5.92 Å². The molecule has 0 aromatic carbocycles. The van der Waals surface area contributed by atoms with E-state index in [2.05, 4.69) is 5.32 Å². The maximum absolute atomic E-state index is 12.0. The van der Waals surface area contributed by atoms with Crippen molar-refractivity contribution in [2.24, 2.45) is 5.92 Å². The van der Waals surface area contributed by atoms with Crippen LogP contribution >= 0.6 is 0 Å². The Morgan fingerprint density at radius 1 is 1.25 bits per heavy atom. The predicted molar refractivity (Wildman–Crippen MR) is 66.5 cm³/mol. The Morgan fingerprint density at radius 2 is 1.81 bits per heavy atom. The van der Waals surface area contributed by atoms with Gasteiger partial charge in [-0.1, -0.05) is 0 Å². The van der Waals surface area contributed by atoms with Crippen molar-refractivity contribution in [1.29, 1.82) is 0 Å². The number of piperidine rings is 1. The van der Waals surface area contributed by atoms with Crippen molar-refractivity contribution in [2.75, 3.05) is 39.8 Å². The first-order chi connectivity index (χ1) is 7.69. The molecule has 1 aliphatic rings. The highest BCUT2D eigenvalue weighted by atomic mass is 16.2. The third-order valence-electron chi connectivity index (χ3n) is 3.35. The largest absolute Gasteiger partial charge is 0.327 e. The van der Waals surface area contributed by atoms with Crippen LogP contribution in [0.3, 0.4) is 0 Å². The van der Waals surface area contributed by atoms with Crippen molar-refractivity contribution in [2.45, 2.75) is 26.7 Å². The Kier molecular flexibility index (Phi) is 5.60. The summed E-state index contributed by atoms with van der Waals surface area (Å²) in [7, 11) is 1.92. The highest BCUT2D eigenvalue weighted by Gasteiger charge is 2.20. The fourth-order valence-electron chi connectivity index (χ4n) is 2.27. The summed E-state index contributed by atoms with van der Waals surface area (Å²) in [4.78, 5) is 15.8. The molecule has 94 valence electrons. The Balaban J connectivity index is 2.37. The molecule has 2 amide bonds. The molecule has 1 fully saturated rings. The molecule has 0 radical (unpaired) electrons. The molecule has 0 bridgehead atoms. The van der Waals surface area contributed by atoms with Gasteiger partial charge in [0.15, 0.2) is 0 Å². The highest BCUT2D eigenvalue weighted by molar-refractivity contribution is 5.74. The van der Waals surface area contributed by atoms with E-state index in [9.17, 15) is 4.79 Å². The number of hydrogen-bond donors (Lipinski definition) is 1. The summed E-state index contributed by atoms with van der Waals surface area (Å²) in [6.07, 6.45) is 2.38. The zero-order valence-corrected chi connectivity index (χ0v) is 10.8. The first-order valence-electron chi connectivity index (χ1n) is 6.39. The zero-order chi connectivity index (χ0) is 12.0. The van der Waals surface area contributed by atoms with Gasteiger partial charge in [0.25, 0.3) is 0 Å². The summed E-state index contributed by atoms with van der Waals surface area (Å²) >= 11 is 0. The van der Waals surface area contributed by atoms with Crippen molar-refractivity contribution in [1.82, 2.24) is 15.1 Å². The molecule has 0 aromatic rings. The van der Waals surface area contributed by atoms with Crippen LogP contribution in [0.5, 0.6) is 0 Å². The molecule has 16 heavy (non-hydrogen) atoms. The molecular weight excluding hydrogens is 202 g/mol. The summed E-state index contributed by atoms with van der Waals surface area (Å²) < 4.78 is 0. The standard InChI is InChI=1S/C12H25N3O/c1-4-15(5-2)12(16)14(3)10-11-6-8-13-9-7-11/h11,13H,4-10H2,1-3H3. The molecule has 1 heterocycles. The first kappa shape index (κ1) is 13.3. The highest BCUT2D eigenvalue weighted by Crippen LogP contribution is 2.13. The summed E-state index contributed by atoms with van der Waals surface area (Å²) in [5, 5.41) is 3.35. The predicted octanol–water partition coefficient (Wildman–Crippen LogP) is 1.38. The van der Waals surface area contributed by atoms with Gasteiger partial charge < -0.3 is 15.1 Å². The lowest BCUT2D eigenvalue weighted by Crippen LogP contribution is -2.44. The van der Waals surface area contributed by atoms with E-state index >= 15 is 0 Å². The van der Waals surface area contributed by atoms with Gasteiger partial charge in [0.05, 0.1) is 0 Å². The Hall–Kier alpha value is -0.770. The molecule has 4 heteroatoms. The maximum Gasteiger partial charge on any atom is 0.319 e. The number of rotatable bonds is 4. The number of hydrogen-bond acceptors (Lipinski definition) is 2. The fourth-order valence-corrected chi connectivity index (χ4v) is 2.27. The van der Waals surface area contributed by atoms with E-state index in [1.165, 1.54) is 12.8 Å². The molecule has 1 rings (SSSR count). The molecule has 0 aromatic heterocycles. The number of nitrogens with zero attached hydrogens (tertiary/aromatic N) is 2. The lowest BCUT2D eigenvalue weighted by molar-refractivity contribution is 0.156. The van der Waals surface area contributed by atoms with Gasteiger partial charge in [-0.2, -0.15) is 0 Å². The molecule has 0 spiro atoms. The summed E-state index contributed by atoms with van der Waals surface area (Å²) in [5.74, 6) is 0.672. The molecule has 0 atom stereocenters. The Morgan fingerprint density at radius 3 is 2.31 bits per heavy atom. The summed E-state index contributed by atoms with van der Waals surface area (Å²) in [6, 6.07) is 0.170. The molecular formula is C12H25N3O. The molecule has 0 saturated carbocycles. The van der Waals surface area contributed by atoms with Gasteiger partial charge in [-0.3, -0.25) is 0 Å². The van der Waals surface area contributed by atoms with E-state index in [1.807, 2.05) is 30.7 Å². The third-order valence-corrected chi connectivity index (χ3v) is 3.35. The van der Waals surface area contributed by atoms with Gasteiger partial charge in [0.2, 0.25) is 0 Å². The molecule has 1 saturated heterocycles. The second-order valence-corrected chi connectivity index (χ2v) is 4.53. The van der Waals surface area contributed by atoms with E-state index in [4.69, 9.17) is 0 Å². The van der Waals surface area contributed by atoms with E-state index in [0.717, 1.165) is 32.7 Å². The monoisotopic (exact) mass is 227 g/mol. The van der Waals surface area contributed by atoms with Gasteiger partial charge in [-0.05, 0) is 45.7 Å². The average Bonchev–Trinajstić information content (AvgIpc) is 2.31. The minimum atomic E-state index is 0.170. The molecule has 0 aliphatic carbocycles. The van der Waals surface area contributed by atoms with Crippen molar-refractivity contribution < 1.29 is 4.79 Å². The van der Waals surface area contributed by atoms with E-state index in [1.54, 1.807) is 0 Å². The SMILES string of the molecule is CCN(CC)C(=O)N(C)CC1CCNCC1. The number of amides is 2. The van der Waals surface area contributed by atoms with Crippen molar-refractivity contribution >= 4 is 6.03 Å². The van der Waals surface area contributed by atoms with Crippen LogP contribution in [0.2, 0.25) is 0 Å². The number of carbonyl (C=O) groups is 1. The van der Waals surface area contributed by atoms with Crippen LogP contribution in [0, 0.1) is 5.92 Å². The van der Waals surface area contributed by atoms with Crippen molar-refractivity contribution in [3.8, 4) is 0 Å². The van der Waals surface area contributed by atoms with Crippen LogP contribution in [0.15, 0.2) is 0 Å². The first-order valence-corrected chi connectivity index (χ1v) is 6.39. The molecule has 4 nitrogen and oxygen atoms in total. The number of urea groups is 1. The minimum absolute atomic E-state index is 0.170. The Labute approximate surface area is 99.0 Å². The van der Waals surface area contributed by atoms with Gasteiger partial charge in [-0.25, -0.2) is 4.79 Å². The zero-order valence-electron chi connectivity index (χ0n) is 10.8.